The summed E-state index contributed by atoms with van der Waals surface area (Å²) in [5.41, 5.74) is 1.31. The summed E-state index contributed by atoms with van der Waals surface area (Å²) in [6, 6.07) is 11.5. The molecule has 16 heavy (non-hydrogen) atoms. The zero-order valence-corrected chi connectivity index (χ0v) is 9.71. The van der Waals surface area contributed by atoms with Crippen molar-refractivity contribution in [2.24, 2.45) is 0 Å². The van der Waals surface area contributed by atoms with Gasteiger partial charge in [-0.05, 0) is 31.9 Å². The molecule has 0 aliphatic carbocycles. The average molecular weight is 217 g/mol. The van der Waals surface area contributed by atoms with Gasteiger partial charge in [0.2, 0.25) is 0 Å². The molecule has 4 atom stereocenters. The second-order valence-electron chi connectivity index (χ2n) is 5.21. The Balaban J connectivity index is 1.88. The van der Waals surface area contributed by atoms with Crippen LogP contribution in [0.25, 0.3) is 0 Å². The van der Waals surface area contributed by atoms with Gasteiger partial charge >= 0.3 is 0 Å². The molecule has 2 aliphatic heterocycles. The monoisotopic (exact) mass is 217 g/mol. The van der Waals surface area contributed by atoms with Gasteiger partial charge in [-0.15, -0.1) is 0 Å². The number of likely N-dealkylation sites (N-methyl/N-ethyl adjacent to an activating group) is 1. The molecule has 86 valence electrons. The minimum atomic E-state index is -0.189. The second kappa shape index (κ2) is 3.86. The largest absolute Gasteiger partial charge is 0.391 e. The van der Waals surface area contributed by atoms with Gasteiger partial charge in [0.25, 0.3) is 0 Å². The van der Waals surface area contributed by atoms with Crippen LogP contribution in [0.15, 0.2) is 30.3 Å². The van der Waals surface area contributed by atoms with Crippen molar-refractivity contribution in [1.29, 1.82) is 0 Å². The molecular weight excluding hydrogens is 198 g/mol. The Bertz CT molecular complexity index is 364. The Kier molecular flexibility index (Phi) is 2.49. The molecule has 0 amide bonds. The Morgan fingerprint density at radius 2 is 1.94 bits per heavy atom. The second-order valence-corrected chi connectivity index (χ2v) is 5.21. The first-order valence-electron chi connectivity index (χ1n) is 6.22. The van der Waals surface area contributed by atoms with Crippen molar-refractivity contribution in [2.75, 3.05) is 7.05 Å². The molecule has 3 rings (SSSR count). The number of benzene rings is 1. The van der Waals surface area contributed by atoms with Crippen molar-refractivity contribution in [3.63, 3.8) is 0 Å². The van der Waals surface area contributed by atoms with E-state index in [1.54, 1.807) is 0 Å². The summed E-state index contributed by atoms with van der Waals surface area (Å²) in [5.74, 6) is 0.342. The number of piperidine rings is 1. The fourth-order valence-corrected chi connectivity index (χ4v) is 3.47. The Labute approximate surface area is 96.9 Å². The summed E-state index contributed by atoms with van der Waals surface area (Å²) in [6.07, 6.45) is 3.33. The van der Waals surface area contributed by atoms with Crippen molar-refractivity contribution in [3.8, 4) is 0 Å². The lowest BCUT2D eigenvalue weighted by molar-refractivity contribution is 0.0112. The van der Waals surface area contributed by atoms with Gasteiger partial charge in [0.1, 0.15) is 0 Å². The average Bonchev–Trinajstić information content (AvgIpc) is 2.57. The number of fused-ring (bicyclic) bond motifs is 2. The van der Waals surface area contributed by atoms with Crippen LogP contribution in [0.3, 0.4) is 0 Å². The first-order valence-corrected chi connectivity index (χ1v) is 6.22. The van der Waals surface area contributed by atoms with E-state index in [0.29, 0.717) is 18.0 Å². The molecule has 2 saturated heterocycles. The van der Waals surface area contributed by atoms with Crippen LogP contribution in [0.2, 0.25) is 0 Å². The van der Waals surface area contributed by atoms with Crippen LogP contribution < -0.4 is 0 Å². The first-order chi connectivity index (χ1) is 7.77. The van der Waals surface area contributed by atoms with Crippen molar-refractivity contribution >= 4 is 0 Å². The third-order valence-corrected chi connectivity index (χ3v) is 4.45. The standard InChI is InChI=1S/C14H19NO/c1-15-11-7-8-13(15)14(16)12(9-11)10-5-3-2-4-6-10/h2-6,11-14,16H,7-9H2,1H3/t11-,12+,13-,14-/m1/s1. The number of hydrogen-bond donors (Lipinski definition) is 1. The maximum atomic E-state index is 10.4. The van der Waals surface area contributed by atoms with Gasteiger partial charge in [0.15, 0.2) is 0 Å². The zero-order chi connectivity index (χ0) is 11.1. The molecule has 0 saturated carbocycles. The molecule has 2 nitrogen and oxygen atoms in total. The molecule has 1 aromatic rings. The first kappa shape index (κ1) is 10.3. The molecular formula is C14H19NO. The molecule has 1 N–H and O–H groups in total. The fraction of sp³-hybridized carbons (Fsp3) is 0.571. The predicted octanol–water partition coefficient (Wildman–Crippen LogP) is 2.00. The lowest BCUT2D eigenvalue weighted by atomic mass is 9.83. The van der Waals surface area contributed by atoms with Gasteiger partial charge in [-0.1, -0.05) is 30.3 Å². The fourth-order valence-electron chi connectivity index (χ4n) is 3.47. The number of hydrogen-bond acceptors (Lipinski definition) is 2. The van der Waals surface area contributed by atoms with Gasteiger partial charge in [0.05, 0.1) is 6.10 Å². The van der Waals surface area contributed by atoms with Gasteiger partial charge in [0, 0.05) is 18.0 Å². The normalized spacial score (nSPS) is 38.9. The van der Waals surface area contributed by atoms with E-state index in [0.717, 1.165) is 12.8 Å². The molecule has 2 aliphatic rings. The smallest absolute Gasteiger partial charge is 0.0764 e. The summed E-state index contributed by atoms with van der Waals surface area (Å²) in [6.45, 7) is 0. The van der Waals surface area contributed by atoms with E-state index in [9.17, 15) is 5.11 Å². The van der Waals surface area contributed by atoms with E-state index >= 15 is 0 Å². The lowest BCUT2D eigenvalue weighted by Crippen LogP contribution is -2.48. The van der Waals surface area contributed by atoms with Gasteiger partial charge in [-0.3, -0.25) is 4.90 Å². The van der Waals surface area contributed by atoms with Crippen LogP contribution in [0, 0.1) is 0 Å². The van der Waals surface area contributed by atoms with Crippen molar-refractivity contribution in [1.82, 2.24) is 4.90 Å². The Hall–Kier alpha value is -0.860. The minimum absolute atomic E-state index is 0.189. The molecule has 0 unspecified atom stereocenters. The highest BCUT2D eigenvalue weighted by Gasteiger charge is 2.44. The number of aliphatic hydroxyl groups excluding tert-OH is 1. The molecule has 1 aromatic carbocycles. The van der Waals surface area contributed by atoms with E-state index < -0.39 is 0 Å². The number of rotatable bonds is 1. The highest BCUT2D eigenvalue weighted by molar-refractivity contribution is 5.23. The van der Waals surface area contributed by atoms with Crippen molar-refractivity contribution < 1.29 is 5.11 Å². The quantitative estimate of drug-likeness (QED) is 0.777. The predicted molar refractivity (Wildman–Crippen MR) is 64.4 cm³/mol. The van der Waals surface area contributed by atoms with Gasteiger partial charge < -0.3 is 5.11 Å². The van der Waals surface area contributed by atoms with E-state index in [4.69, 9.17) is 0 Å². The Morgan fingerprint density at radius 3 is 2.69 bits per heavy atom. The third kappa shape index (κ3) is 1.48. The highest BCUT2D eigenvalue weighted by atomic mass is 16.3. The number of aliphatic hydroxyl groups is 1. The Morgan fingerprint density at radius 1 is 1.19 bits per heavy atom. The maximum absolute atomic E-state index is 10.4. The van der Waals surface area contributed by atoms with E-state index in [1.165, 1.54) is 12.0 Å². The summed E-state index contributed by atoms with van der Waals surface area (Å²) >= 11 is 0. The highest BCUT2D eigenvalue weighted by Crippen LogP contribution is 2.42. The summed E-state index contributed by atoms with van der Waals surface area (Å²) in [7, 11) is 2.16. The van der Waals surface area contributed by atoms with E-state index in [1.807, 2.05) is 6.07 Å². The molecule has 2 fully saturated rings. The van der Waals surface area contributed by atoms with Crippen LogP contribution in [-0.4, -0.2) is 35.2 Å². The molecule has 2 bridgehead atoms. The van der Waals surface area contributed by atoms with Crippen LogP contribution in [0.1, 0.15) is 30.7 Å². The van der Waals surface area contributed by atoms with Crippen LogP contribution in [-0.2, 0) is 0 Å². The van der Waals surface area contributed by atoms with Gasteiger partial charge in [-0.25, -0.2) is 0 Å². The van der Waals surface area contributed by atoms with Gasteiger partial charge in [-0.2, -0.15) is 0 Å². The SMILES string of the molecule is CN1[C@@H]2CC[C@@H]1[C@H](O)[C@H](c1ccccc1)C2. The summed E-state index contributed by atoms with van der Waals surface area (Å²) in [5, 5.41) is 10.4. The maximum Gasteiger partial charge on any atom is 0.0764 e. The summed E-state index contributed by atoms with van der Waals surface area (Å²) in [4.78, 5) is 2.38. The van der Waals surface area contributed by atoms with Crippen molar-refractivity contribution in [2.45, 2.75) is 43.4 Å². The van der Waals surface area contributed by atoms with Crippen LogP contribution in [0.4, 0.5) is 0 Å². The molecule has 2 heteroatoms. The number of nitrogens with zero attached hydrogens (tertiary/aromatic N) is 1. The zero-order valence-electron chi connectivity index (χ0n) is 9.71. The molecule has 0 aromatic heterocycles. The summed E-state index contributed by atoms with van der Waals surface area (Å²) < 4.78 is 0. The lowest BCUT2D eigenvalue weighted by Gasteiger charge is -2.40. The van der Waals surface area contributed by atoms with E-state index in [2.05, 4.69) is 36.2 Å². The van der Waals surface area contributed by atoms with E-state index in [-0.39, 0.29) is 6.10 Å². The van der Waals surface area contributed by atoms with Crippen LogP contribution >= 0.6 is 0 Å². The molecule has 0 radical (unpaired) electrons. The minimum Gasteiger partial charge on any atom is -0.391 e. The topological polar surface area (TPSA) is 23.5 Å². The molecule has 2 heterocycles. The van der Waals surface area contributed by atoms with Crippen LogP contribution in [0.5, 0.6) is 0 Å². The third-order valence-electron chi connectivity index (χ3n) is 4.45. The molecule has 0 spiro atoms. The van der Waals surface area contributed by atoms with Crippen molar-refractivity contribution in [3.05, 3.63) is 35.9 Å².